The summed E-state index contributed by atoms with van der Waals surface area (Å²) in [4.78, 5) is 35.7. The number of nitrogens with zero attached hydrogens (tertiary/aromatic N) is 1. The smallest absolute Gasteiger partial charge is 0.350 e. The minimum atomic E-state index is -4.49. The van der Waals surface area contributed by atoms with Gasteiger partial charge in [-0.05, 0) is 11.6 Å². The van der Waals surface area contributed by atoms with Crippen LogP contribution in [0.4, 0.5) is 13.2 Å². The van der Waals surface area contributed by atoms with Crippen LogP contribution in [0.2, 0.25) is 0 Å². The lowest BCUT2D eigenvalue weighted by Crippen LogP contribution is -2.42. The Hall–Kier alpha value is -2.58. The number of benzene rings is 1. The molecule has 1 heterocycles. The van der Waals surface area contributed by atoms with E-state index >= 15 is 0 Å². The number of carbonyl (C=O) groups is 3. The van der Waals surface area contributed by atoms with Gasteiger partial charge in [0, 0.05) is 26.4 Å². The standard InChI is InChI=1S/C16H18F3N3O3/c1-10(23)20-7-14(24)21-12-6-15(25)22(9-12)8-11-4-2-3-5-13(11)16(17,18)19/h2-5,12H,6-9H2,1H3,(H,20,23)(H,21,24). The Labute approximate surface area is 142 Å². The second-order valence-electron chi connectivity index (χ2n) is 5.81. The van der Waals surface area contributed by atoms with Gasteiger partial charge in [0.1, 0.15) is 0 Å². The Morgan fingerprint density at radius 1 is 1.28 bits per heavy atom. The van der Waals surface area contributed by atoms with Crippen LogP contribution in [0.5, 0.6) is 0 Å². The molecule has 3 amide bonds. The summed E-state index contributed by atoms with van der Waals surface area (Å²) in [5.41, 5.74) is -0.769. The first-order valence-corrected chi connectivity index (χ1v) is 7.63. The van der Waals surface area contributed by atoms with Crippen LogP contribution < -0.4 is 10.6 Å². The summed E-state index contributed by atoms with van der Waals surface area (Å²) in [6.45, 7) is 1.01. The third kappa shape index (κ3) is 5.20. The van der Waals surface area contributed by atoms with Crippen molar-refractivity contribution in [3.05, 3.63) is 35.4 Å². The van der Waals surface area contributed by atoms with Gasteiger partial charge < -0.3 is 15.5 Å². The number of likely N-dealkylation sites (tertiary alicyclic amines) is 1. The van der Waals surface area contributed by atoms with Crippen LogP contribution in [0.3, 0.4) is 0 Å². The number of alkyl halides is 3. The Morgan fingerprint density at radius 3 is 2.60 bits per heavy atom. The lowest BCUT2D eigenvalue weighted by Gasteiger charge is -2.20. The van der Waals surface area contributed by atoms with Crippen molar-refractivity contribution >= 4 is 17.7 Å². The van der Waals surface area contributed by atoms with Gasteiger partial charge in [0.2, 0.25) is 17.7 Å². The van der Waals surface area contributed by atoms with Gasteiger partial charge in [0.05, 0.1) is 18.2 Å². The van der Waals surface area contributed by atoms with E-state index in [1.165, 1.54) is 30.0 Å². The monoisotopic (exact) mass is 357 g/mol. The van der Waals surface area contributed by atoms with Crippen molar-refractivity contribution in [1.82, 2.24) is 15.5 Å². The number of hydrogen-bond donors (Lipinski definition) is 2. The predicted octanol–water partition coefficient (Wildman–Crippen LogP) is 1.06. The Balaban J connectivity index is 1.98. The zero-order valence-corrected chi connectivity index (χ0v) is 13.5. The molecule has 9 heteroatoms. The minimum Gasteiger partial charge on any atom is -0.350 e. The molecule has 1 atom stereocenters. The molecule has 25 heavy (non-hydrogen) atoms. The summed E-state index contributed by atoms with van der Waals surface area (Å²) >= 11 is 0. The number of rotatable bonds is 5. The number of amides is 3. The van der Waals surface area contributed by atoms with E-state index in [4.69, 9.17) is 0 Å². The lowest BCUT2D eigenvalue weighted by molar-refractivity contribution is -0.139. The van der Waals surface area contributed by atoms with Crippen molar-refractivity contribution < 1.29 is 27.6 Å². The van der Waals surface area contributed by atoms with Gasteiger partial charge in [0.25, 0.3) is 0 Å². The van der Waals surface area contributed by atoms with Gasteiger partial charge >= 0.3 is 6.18 Å². The molecule has 0 saturated carbocycles. The Morgan fingerprint density at radius 2 is 1.96 bits per heavy atom. The lowest BCUT2D eigenvalue weighted by atomic mass is 10.1. The highest BCUT2D eigenvalue weighted by molar-refractivity contribution is 5.85. The number of nitrogens with one attached hydrogen (secondary N) is 2. The van der Waals surface area contributed by atoms with Gasteiger partial charge in [-0.3, -0.25) is 14.4 Å². The Kier molecular flexibility index (Phi) is 5.66. The molecule has 2 N–H and O–H groups in total. The van der Waals surface area contributed by atoms with Gasteiger partial charge in [0.15, 0.2) is 0 Å². The summed E-state index contributed by atoms with van der Waals surface area (Å²) in [7, 11) is 0. The summed E-state index contributed by atoms with van der Waals surface area (Å²) in [5, 5.41) is 4.92. The van der Waals surface area contributed by atoms with Crippen LogP contribution in [-0.4, -0.2) is 41.8 Å². The summed E-state index contributed by atoms with van der Waals surface area (Å²) in [6.07, 6.45) is -4.48. The van der Waals surface area contributed by atoms with Gasteiger partial charge in [-0.2, -0.15) is 13.2 Å². The largest absolute Gasteiger partial charge is 0.416 e. The fourth-order valence-electron chi connectivity index (χ4n) is 2.65. The van der Waals surface area contributed by atoms with Crippen molar-refractivity contribution in [2.45, 2.75) is 32.1 Å². The maximum atomic E-state index is 13.0. The quantitative estimate of drug-likeness (QED) is 0.827. The van der Waals surface area contributed by atoms with E-state index in [9.17, 15) is 27.6 Å². The second-order valence-corrected chi connectivity index (χ2v) is 5.81. The molecule has 0 spiro atoms. The van der Waals surface area contributed by atoms with E-state index in [1.54, 1.807) is 0 Å². The molecule has 6 nitrogen and oxygen atoms in total. The first-order chi connectivity index (χ1) is 11.7. The molecule has 136 valence electrons. The molecule has 0 bridgehead atoms. The van der Waals surface area contributed by atoms with Gasteiger partial charge in [-0.25, -0.2) is 0 Å². The highest BCUT2D eigenvalue weighted by atomic mass is 19.4. The normalized spacial score (nSPS) is 17.5. The molecule has 0 radical (unpaired) electrons. The zero-order chi connectivity index (χ0) is 18.6. The van der Waals surface area contributed by atoms with Crippen molar-refractivity contribution in [2.75, 3.05) is 13.1 Å². The maximum absolute atomic E-state index is 13.0. The molecule has 1 aromatic rings. The molecule has 0 aliphatic carbocycles. The molecule has 2 rings (SSSR count). The molecule has 1 aliphatic heterocycles. The predicted molar refractivity (Wildman–Crippen MR) is 82.1 cm³/mol. The van der Waals surface area contributed by atoms with Crippen LogP contribution in [0.25, 0.3) is 0 Å². The highest BCUT2D eigenvalue weighted by Crippen LogP contribution is 2.32. The average molecular weight is 357 g/mol. The summed E-state index contributed by atoms with van der Waals surface area (Å²) < 4.78 is 39.1. The highest BCUT2D eigenvalue weighted by Gasteiger charge is 2.35. The number of halogens is 3. The fraction of sp³-hybridized carbons (Fsp3) is 0.438. The summed E-state index contributed by atoms with van der Waals surface area (Å²) in [5.74, 6) is -1.14. The minimum absolute atomic E-state index is 0.00794. The molecule has 1 fully saturated rings. The van der Waals surface area contributed by atoms with Crippen molar-refractivity contribution in [2.24, 2.45) is 0 Å². The molecule has 1 saturated heterocycles. The number of carbonyl (C=O) groups excluding carboxylic acids is 3. The van der Waals surface area contributed by atoms with Crippen LogP contribution in [0.1, 0.15) is 24.5 Å². The third-order valence-corrected chi connectivity index (χ3v) is 3.76. The van der Waals surface area contributed by atoms with E-state index in [1.807, 2.05) is 0 Å². The van der Waals surface area contributed by atoms with E-state index in [0.29, 0.717) is 0 Å². The topological polar surface area (TPSA) is 78.5 Å². The molecular formula is C16H18F3N3O3. The molecule has 1 aromatic carbocycles. The van der Waals surface area contributed by atoms with E-state index in [2.05, 4.69) is 10.6 Å². The van der Waals surface area contributed by atoms with Crippen LogP contribution in [-0.2, 0) is 27.1 Å². The zero-order valence-electron chi connectivity index (χ0n) is 13.5. The number of hydrogen-bond acceptors (Lipinski definition) is 3. The summed E-state index contributed by atoms with van der Waals surface area (Å²) in [6, 6.07) is 4.59. The first kappa shape index (κ1) is 18.8. The maximum Gasteiger partial charge on any atom is 0.416 e. The molecule has 1 unspecified atom stereocenters. The molecular weight excluding hydrogens is 339 g/mol. The van der Waals surface area contributed by atoms with Gasteiger partial charge in [-0.1, -0.05) is 18.2 Å². The average Bonchev–Trinajstić information content (AvgIpc) is 2.84. The Bertz CT molecular complexity index is 676. The van der Waals surface area contributed by atoms with E-state index in [0.717, 1.165) is 6.07 Å². The van der Waals surface area contributed by atoms with Crippen LogP contribution >= 0.6 is 0 Å². The van der Waals surface area contributed by atoms with Gasteiger partial charge in [-0.15, -0.1) is 0 Å². The SMILES string of the molecule is CC(=O)NCC(=O)NC1CC(=O)N(Cc2ccccc2C(F)(F)F)C1. The van der Waals surface area contributed by atoms with Crippen LogP contribution in [0.15, 0.2) is 24.3 Å². The van der Waals surface area contributed by atoms with Crippen molar-refractivity contribution in [1.29, 1.82) is 0 Å². The van der Waals surface area contributed by atoms with Crippen molar-refractivity contribution in [3.8, 4) is 0 Å². The second kappa shape index (κ2) is 7.54. The van der Waals surface area contributed by atoms with Crippen LogP contribution in [0, 0.1) is 0 Å². The first-order valence-electron chi connectivity index (χ1n) is 7.63. The van der Waals surface area contributed by atoms with E-state index < -0.39 is 23.7 Å². The van der Waals surface area contributed by atoms with E-state index in [-0.39, 0.29) is 43.4 Å². The fourth-order valence-corrected chi connectivity index (χ4v) is 2.65. The third-order valence-electron chi connectivity index (χ3n) is 3.76. The molecule has 1 aliphatic rings. The van der Waals surface area contributed by atoms with Crippen molar-refractivity contribution in [3.63, 3.8) is 0 Å². The molecule has 0 aromatic heterocycles.